The van der Waals surface area contributed by atoms with Crippen LogP contribution in [-0.4, -0.2) is 30.5 Å². The molecule has 0 aliphatic carbocycles. The fourth-order valence-corrected chi connectivity index (χ4v) is 1.66. The molecule has 0 bridgehead atoms. The number of carbonyl (C=O) groups excluding carboxylic acids is 2. The zero-order valence-electron chi connectivity index (χ0n) is 12.6. The van der Waals surface area contributed by atoms with E-state index in [1.807, 2.05) is 0 Å². The fraction of sp³-hybridized carbons (Fsp3) is 0.176. The number of phenolic OH excluding ortho intramolecular Hbond substituents is 1. The van der Waals surface area contributed by atoms with E-state index in [1.165, 1.54) is 6.07 Å². The van der Waals surface area contributed by atoms with Crippen molar-refractivity contribution < 1.29 is 19.4 Å². The lowest BCUT2D eigenvalue weighted by atomic mass is 10.2. The van der Waals surface area contributed by atoms with Gasteiger partial charge in [-0.05, 0) is 30.8 Å². The second kappa shape index (κ2) is 10.1. The van der Waals surface area contributed by atoms with Gasteiger partial charge in [0.05, 0.1) is 11.1 Å². The fourth-order valence-electron chi connectivity index (χ4n) is 1.66. The van der Waals surface area contributed by atoms with Crippen LogP contribution in [0.25, 0.3) is 0 Å². The lowest BCUT2D eigenvalue weighted by molar-refractivity contribution is 0.111. The molecule has 2 aromatic rings. The Bertz CT molecular complexity index is 631. The number of carbonyl (C=O) groups is 2. The van der Waals surface area contributed by atoms with Gasteiger partial charge in [-0.3, -0.25) is 15.3 Å². The third kappa shape index (κ3) is 6.29. The molecule has 0 aliphatic rings. The highest BCUT2D eigenvalue weighted by Crippen LogP contribution is 2.16. The van der Waals surface area contributed by atoms with Gasteiger partial charge >= 0.3 is 0 Å². The first-order valence-electron chi connectivity index (χ1n) is 7.02. The number of nitrogens with two attached hydrogens (primary N) is 2. The Morgan fingerprint density at radius 2 is 1.57 bits per heavy atom. The van der Waals surface area contributed by atoms with Gasteiger partial charge in [0.1, 0.15) is 17.7 Å². The van der Waals surface area contributed by atoms with E-state index in [-0.39, 0.29) is 5.75 Å². The van der Waals surface area contributed by atoms with Crippen LogP contribution in [0.15, 0.2) is 48.5 Å². The number of hydrogen-bond donors (Lipinski definition) is 3. The van der Waals surface area contributed by atoms with E-state index >= 15 is 0 Å². The maximum atomic E-state index is 10.6. The molecular weight excluding hydrogens is 296 g/mol. The van der Waals surface area contributed by atoms with Crippen molar-refractivity contribution in [2.45, 2.75) is 12.6 Å². The first-order chi connectivity index (χ1) is 11.1. The average molecular weight is 316 g/mol. The van der Waals surface area contributed by atoms with Gasteiger partial charge in [0.2, 0.25) is 0 Å². The molecule has 0 saturated heterocycles. The molecule has 0 radical (unpaired) electrons. The normalized spacial score (nSPS) is 10.9. The minimum atomic E-state index is -0.457. The Labute approximate surface area is 134 Å². The minimum absolute atomic E-state index is 0.0347. The maximum Gasteiger partial charge on any atom is 0.153 e. The molecule has 0 saturated carbocycles. The van der Waals surface area contributed by atoms with E-state index in [2.05, 4.69) is 0 Å². The highest BCUT2D eigenvalue weighted by Gasteiger charge is 2.06. The summed E-state index contributed by atoms with van der Waals surface area (Å²) in [5.74, 6) is 0.538. The molecule has 2 aromatic carbocycles. The van der Waals surface area contributed by atoms with Crippen molar-refractivity contribution in [2.75, 3.05) is 6.54 Å². The van der Waals surface area contributed by atoms with Crippen molar-refractivity contribution >= 4 is 12.6 Å². The highest BCUT2D eigenvalue weighted by molar-refractivity contribution is 5.79. The molecule has 0 aromatic heterocycles. The van der Waals surface area contributed by atoms with Crippen molar-refractivity contribution in [3.63, 3.8) is 0 Å². The van der Waals surface area contributed by atoms with E-state index in [0.717, 1.165) is 6.29 Å². The van der Waals surface area contributed by atoms with Gasteiger partial charge in [0.15, 0.2) is 12.6 Å². The van der Waals surface area contributed by atoms with Crippen LogP contribution in [0, 0.1) is 0 Å². The van der Waals surface area contributed by atoms with Crippen LogP contribution < -0.4 is 16.2 Å². The zero-order valence-corrected chi connectivity index (χ0v) is 12.6. The van der Waals surface area contributed by atoms with Crippen LogP contribution in [0.2, 0.25) is 0 Å². The van der Waals surface area contributed by atoms with Crippen molar-refractivity contribution in [1.82, 2.24) is 0 Å². The van der Waals surface area contributed by atoms with Crippen LogP contribution in [0.4, 0.5) is 0 Å². The van der Waals surface area contributed by atoms with Gasteiger partial charge in [0.25, 0.3) is 0 Å². The molecule has 0 heterocycles. The molecule has 2 rings (SSSR count). The molecule has 1 unspecified atom stereocenters. The van der Waals surface area contributed by atoms with E-state index < -0.39 is 6.23 Å². The molecule has 5 N–H and O–H groups in total. The largest absolute Gasteiger partial charge is 0.507 e. The van der Waals surface area contributed by atoms with Crippen LogP contribution in [0.5, 0.6) is 11.5 Å². The number of ether oxygens (including phenoxy) is 1. The Morgan fingerprint density at radius 1 is 1.00 bits per heavy atom. The monoisotopic (exact) mass is 316 g/mol. The SMILES string of the molecule is NCCC(N)Oc1ccccc1C=O.O=Cc1ccccc1O. The number of benzene rings is 2. The number of phenols is 1. The molecule has 122 valence electrons. The molecule has 0 aliphatic heterocycles. The third-order valence-corrected chi connectivity index (χ3v) is 2.84. The van der Waals surface area contributed by atoms with E-state index in [4.69, 9.17) is 21.3 Å². The summed E-state index contributed by atoms with van der Waals surface area (Å²) in [6.07, 6.45) is 1.47. The summed E-state index contributed by atoms with van der Waals surface area (Å²) in [7, 11) is 0. The lowest BCUT2D eigenvalue weighted by Crippen LogP contribution is -2.30. The first-order valence-corrected chi connectivity index (χ1v) is 7.02. The van der Waals surface area contributed by atoms with Crippen LogP contribution >= 0.6 is 0 Å². The zero-order chi connectivity index (χ0) is 17.1. The molecule has 1 atom stereocenters. The number of hydrogen-bond acceptors (Lipinski definition) is 6. The average Bonchev–Trinajstić information content (AvgIpc) is 2.56. The highest BCUT2D eigenvalue weighted by atomic mass is 16.5. The second-order valence-electron chi connectivity index (χ2n) is 4.57. The van der Waals surface area contributed by atoms with Crippen LogP contribution in [-0.2, 0) is 0 Å². The number of aromatic hydroxyl groups is 1. The number of rotatable bonds is 6. The summed E-state index contributed by atoms with van der Waals surface area (Å²) in [5, 5.41) is 8.88. The van der Waals surface area contributed by atoms with Crippen molar-refractivity contribution in [3.05, 3.63) is 59.7 Å². The third-order valence-electron chi connectivity index (χ3n) is 2.84. The standard InChI is InChI=1S/C10H14N2O2.C7H6O2/c11-6-5-10(12)14-9-4-2-1-3-8(9)7-13;8-5-6-3-1-2-4-7(6)9/h1-4,7,10H,5-6,11-12H2;1-5,9H. The van der Waals surface area contributed by atoms with Crippen molar-refractivity contribution in [2.24, 2.45) is 11.5 Å². The van der Waals surface area contributed by atoms with Crippen molar-refractivity contribution in [1.29, 1.82) is 0 Å². The van der Waals surface area contributed by atoms with Gasteiger partial charge < -0.3 is 15.6 Å². The minimum Gasteiger partial charge on any atom is -0.507 e. The van der Waals surface area contributed by atoms with Gasteiger partial charge in [-0.1, -0.05) is 24.3 Å². The smallest absolute Gasteiger partial charge is 0.153 e. The summed E-state index contributed by atoms with van der Waals surface area (Å²) in [4.78, 5) is 20.7. The first kappa shape index (κ1) is 18.3. The van der Waals surface area contributed by atoms with Crippen LogP contribution in [0.3, 0.4) is 0 Å². The lowest BCUT2D eigenvalue weighted by Gasteiger charge is -2.14. The molecule has 0 spiro atoms. The molecule has 6 heteroatoms. The van der Waals surface area contributed by atoms with E-state index in [1.54, 1.807) is 42.5 Å². The van der Waals surface area contributed by atoms with Gasteiger partial charge in [0, 0.05) is 6.42 Å². The predicted octanol–water partition coefficient (Wildman–Crippen LogP) is 1.72. The Hall–Kier alpha value is -2.70. The Kier molecular flexibility index (Phi) is 8.06. The van der Waals surface area contributed by atoms with Gasteiger partial charge in [-0.2, -0.15) is 0 Å². The van der Waals surface area contributed by atoms with Gasteiger partial charge in [-0.25, -0.2) is 0 Å². The second-order valence-corrected chi connectivity index (χ2v) is 4.57. The quantitative estimate of drug-likeness (QED) is 0.552. The summed E-state index contributed by atoms with van der Waals surface area (Å²) >= 11 is 0. The topological polar surface area (TPSA) is 116 Å². The summed E-state index contributed by atoms with van der Waals surface area (Å²) < 4.78 is 5.34. The predicted molar refractivity (Wildman–Crippen MR) is 87.6 cm³/mol. The van der Waals surface area contributed by atoms with Crippen LogP contribution in [0.1, 0.15) is 27.1 Å². The maximum absolute atomic E-state index is 10.6. The summed E-state index contributed by atoms with van der Waals surface area (Å²) in [6, 6.07) is 13.3. The number of aldehydes is 2. The molecule has 23 heavy (non-hydrogen) atoms. The van der Waals surface area contributed by atoms with E-state index in [0.29, 0.717) is 36.1 Å². The number of para-hydroxylation sites is 2. The summed E-state index contributed by atoms with van der Waals surface area (Å²) in [6.45, 7) is 0.463. The molecule has 0 amide bonds. The Balaban J connectivity index is 0.000000253. The van der Waals surface area contributed by atoms with E-state index in [9.17, 15) is 9.59 Å². The van der Waals surface area contributed by atoms with Gasteiger partial charge in [-0.15, -0.1) is 0 Å². The molecule has 6 nitrogen and oxygen atoms in total. The summed E-state index contributed by atoms with van der Waals surface area (Å²) in [5.41, 5.74) is 11.8. The van der Waals surface area contributed by atoms with Crippen molar-refractivity contribution in [3.8, 4) is 11.5 Å². The Morgan fingerprint density at radius 3 is 2.09 bits per heavy atom. The molecular formula is C17H20N2O4. The molecule has 0 fully saturated rings.